The van der Waals surface area contributed by atoms with Crippen molar-refractivity contribution in [3.63, 3.8) is 0 Å². The molecule has 2 aromatic rings. The lowest BCUT2D eigenvalue weighted by atomic mass is 10.1. The maximum atomic E-state index is 11.5. The molecule has 2 N–H and O–H groups in total. The summed E-state index contributed by atoms with van der Waals surface area (Å²) in [7, 11) is 0. The van der Waals surface area contributed by atoms with Gasteiger partial charge in [0, 0.05) is 4.47 Å². The van der Waals surface area contributed by atoms with Gasteiger partial charge in [-0.3, -0.25) is 0 Å². The van der Waals surface area contributed by atoms with Crippen LogP contribution < -0.4 is 11.4 Å². The first-order chi connectivity index (χ1) is 7.63. The Kier molecular flexibility index (Phi) is 2.82. The summed E-state index contributed by atoms with van der Waals surface area (Å²) < 4.78 is 2.01. The standard InChI is InChI=1S/C10H10BrN3O2/c1-2-6-5-7(11)3-4-8(6)14-9(15)12-13-10(14)16/h3-5H,2H2,1H3,(H,12,15)(H,13,16). The molecule has 0 spiro atoms. The van der Waals surface area contributed by atoms with Crippen molar-refractivity contribution in [3.05, 3.63) is 49.2 Å². The Morgan fingerprint density at radius 3 is 2.44 bits per heavy atom. The SMILES string of the molecule is CCc1cc(Br)ccc1-n1c(=O)[nH][nH]c1=O. The first kappa shape index (κ1) is 10.9. The van der Waals surface area contributed by atoms with E-state index in [0.717, 1.165) is 21.0 Å². The summed E-state index contributed by atoms with van der Waals surface area (Å²) >= 11 is 3.36. The molecule has 2 rings (SSSR count). The van der Waals surface area contributed by atoms with E-state index in [2.05, 4.69) is 26.1 Å². The van der Waals surface area contributed by atoms with E-state index in [1.807, 2.05) is 13.0 Å². The third-order valence-corrected chi connectivity index (χ3v) is 2.84. The number of nitrogens with one attached hydrogen (secondary N) is 2. The van der Waals surface area contributed by atoms with Crippen molar-refractivity contribution in [2.45, 2.75) is 13.3 Å². The van der Waals surface area contributed by atoms with Gasteiger partial charge >= 0.3 is 11.4 Å². The Morgan fingerprint density at radius 1 is 1.25 bits per heavy atom. The highest BCUT2D eigenvalue weighted by atomic mass is 79.9. The van der Waals surface area contributed by atoms with Gasteiger partial charge in [0.1, 0.15) is 0 Å². The van der Waals surface area contributed by atoms with Crippen LogP contribution in [0.25, 0.3) is 5.69 Å². The molecule has 0 unspecified atom stereocenters. The van der Waals surface area contributed by atoms with Crippen LogP contribution in [0.1, 0.15) is 12.5 Å². The minimum Gasteiger partial charge on any atom is -0.247 e. The topological polar surface area (TPSA) is 70.7 Å². The smallest absolute Gasteiger partial charge is 0.247 e. The van der Waals surface area contributed by atoms with Crippen LogP contribution >= 0.6 is 15.9 Å². The summed E-state index contributed by atoms with van der Waals surface area (Å²) in [6.07, 6.45) is 0.742. The van der Waals surface area contributed by atoms with E-state index in [1.165, 1.54) is 0 Å². The Morgan fingerprint density at radius 2 is 1.88 bits per heavy atom. The normalized spacial score (nSPS) is 10.6. The number of H-pyrrole nitrogens is 2. The van der Waals surface area contributed by atoms with Crippen LogP contribution in [0.4, 0.5) is 0 Å². The molecule has 84 valence electrons. The lowest BCUT2D eigenvalue weighted by Crippen LogP contribution is -2.25. The number of nitrogens with zero attached hydrogens (tertiary/aromatic N) is 1. The molecule has 0 aliphatic carbocycles. The molecule has 0 saturated heterocycles. The Labute approximate surface area is 99.2 Å². The van der Waals surface area contributed by atoms with E-state index in [-0.39, 0.29) is 0 Å². The molecule has 16 heavy (non-hydrogen) atoms. The molecule has 0 amide bonds. The first-order valence-electron chi connectivity index (χ1n) is 4.82. The molecule has 1 heterocycles. The zero-order valence-corrected chi connectivity index (χ0v) is 10.2. The van der Waals surface area contributed by atoms with Crippen molar-refractivity contribution in [1.82, 2.24) is 14.8 Å². The van der Waals surface area contributed by atoms with Crippen LogP contribution in [-0.2, 0) is 6.42 Å². The fraction of sp³-hybridized carbons (Fsp3) is 0.200. The third kappa shape index (κ3) is 1.76. The monoisotopic (exact) mass is 283 g/mol. The van der Waals surface area contributed by atoms with Gasteiger partial charge in [-0.1, -0.05) is 22.9 Å². The number of aromatic nitrogens is 3. The largest absolute Gasteiger partial charge is 0.348 e. The van der Waals surface area contributed by atoms with Gasteiger partial charge in [0.2, 0.25) is 0 Å². The number of rotatable bonds is 2. The Balaban J connectivity index is 2.74. The summed E-state index contributed by atoms with van der Waals surface area (Å²) in [5.41, 5.74) is 0.629. The zero-order chi connectivity index (χ0) is 11.7. The summed E-state index contributed by atoms with van der Waals surface area (Å²) in [4.78, 5) is 22.9. The van der Waals surface area contributed by atoms with Gasteiger partial charge in [-0.15, -0.1) is 0 Å². The molecule has 5 nitrogen and oxygen atoms in total. The average molecular weight is 284 g/mol. The highest BCUT2D eigenvalue weighted by Crippen LogP contribution is 2.18. The average Bonchev–Trinajstić information content (AvgIpc) is 2.59. The van der Waals surface area contributed by atoms with Gasteiger partial charge in [0.25, 0.3) is 0 Å². The molecular formula is C10H10BrN3O2. The number of aryl methyl sites for hydroxylation is 1. The number of benzene rings is 1. The number of hydrogen-bond acceptors (Lipinski definition) is 2. The van der Waals surface area contributed by atoms with Crippen molar-refractivity contribution in [2.75, 3.05) is 0 Å². The Hall–Kier alpha value is -1.56. The van der Waals surface area contributed by atoms with Crippen LogP contribution in [0.3, 0.4) is 0 Å². The van der Waals surface area contributed by atoms with Crippen LogP contribution in [0.5, 0.6) is 0 Å². The molecule has 0 aliphatic heterocycles. The number of aromatic amines is 2. The van der Waals surface area contributed by atoms with Crippen LogP contribution in [0.15, 0.2) is 32.3 Å². The molecular weight excluding hydrogens is 274 g/mol. The number of halogens is 1. The van der Waals surface area contributed by atoms with E-state index < -0.39 is 11.4 Å². The summed E-state index contributed by atoms with van der Waals surface area (Å²) in [6.45, 7) is 1.97. The van der Waals surface area contributed by atoms with E-state index in [4.69, 9.17) is 0 Å². The quantitative estimate of drug-likeness (QED) is 0.869. The van der Waals surface area contributed by atoms with E-state index in [0.29, 0.717) is 5.69 Å². The molecule has 0 radical (unpaired) electrons. The molecule has 0 saturated carbocycles. The molecule has 6 heteroatoms. The third-order valence-electron chi connectivity index (χ3n) is 2.35. The van der Waals surface area contributed by atoms with E-state index >= 15 is 0 Å². The summed E-state index contributed by atoms with van der Waals surface area (Å²) in [6, 6.07) is 5.44. The zero-order valence-electron chi connectivity index (χ0n) is 8.58. The molecule has 1 aromatic carbocycles. The summed E-state index contributed by atoms with van der Waals surface area (Å²) in [5.74, 6) is 0. The van der Waals surface area contributed by atoms with Crippen molar-refractivity contribution in [2.24, 2.45) is 0 Å². The Bertz CT molecular complexity index is 596. The van der Waals surface area contributed by atoms with Gasteiger partial charge in [-0.2, -0.15) is 0 Å². The van der Waals surface area contributed by atoms with Crippen LogP contribution in [-0.4, -0.2) is 14.8 Å². The molecule has 0 aliphatic rings. The summed E-state index contributed by atoms with van der Waals surface area (Å²) in [5, 5.41) is 4.52. The molecule has 0 atom stereocenters. The van der Waals surface area contributed by atoms with Gasteiger partial charge in [-0.25, -0.2) is 24.4 Å². The minimum atomic E-state index is -0.456. The lowest BCUT2D eigenvalue weighted by Gasteiger charge is -2.06. The molecule has 1 aromatic heterocycles. The minimum absolute atomic E-state index is 0.456. The van der Waals surface area contributed by atoms with Crippen molar-refractivity contribution < 1.29 is 0 Å². The number of hydrogen-bond donors (Lipinski definition) is 2. The predicted octanol–water partition coefficient (Wildman–Crippen LogP) is 1.18. The van der Waals surface area contributed by atoms with E-state index in [9.17, 15) is 9.59 Å². The van der Waals surface area contributed by atoms with Crippen molar-refractivity contribution in [1.29, 1.82) is 0 Å². The highest BCUT2D eigenvalue weighted by Gasteiger charge is 2.09. The predicted molar refractivity (Wildman–Crippen MR) is 64.1 cm³/mol. The lowest BCUT2D eigenvalue weighted by molar-refractivity contribution is 0.923. The first-order valence-corrected chi connectivity index (χ1v) is 5.61. The van der Waals surface area contributed by atoms with Crippen molar-refractivity contribution >= 4 is 15.9 Å². The van der Waals surface area contributed by atoms with Crippen molar-refractivity contribution in [3.8, 4) is 5.69 Å². The maximum Gasteiger partial charge on any atom is 0.348 e. The second kappa shape index (κ2) is 4.13. The van der Waals surface area contributed by atoms with Gasteiger partial charge in [0.05, 0.1) is 5.69 Å². The van der Waals surface area contributed by atoms with E-state index in [1.54, 1.807) is 12.1 Å². The highest BCUT2D eigenvalue weighted by molar-refractivity contribution is 9.10. The van der Waals surface area contributed by atoms with Gasteiger partial charge < -0.3 is 0 Å². The van der Waals surface area contributed by atoms with Gasteiger partial charge in [0.15, 0.2) is 0 Å². The second-order valence-electron chi connectivity index (χ2n) is 3.32. The fourth-order valence-electron chi connectivity index (χ4n) is 1.59. The fourth-order valence-corrected chi connectivity index (χ4v) is 1.99. The maximum absolute atomic E-state index is 11.5. The van der Waals surface area contributed by atoms with Crippen LogP contribution in [0, 0.1) is 0 Å². The molecule has 0 fully saturated rings. The second-order valence-corrected chi connectivity index (χ2v) is 4.24. The molecule has 0 bridgehead atoms. The van der Waals surface area contributed by atoms with Gasteiger partial charge in [-0.05, 0) is 30.2 Å². The van der Waals surface area contributed by atoms with Crippen LogP contribution in [0.2, 0.25) is 0 Å².